The number of halogens is 2. The average molecular weight is 167 g/mol. The fraction of sp³-hybridized carbons (Fsp3) is 0. The molecule has 0 heterocycles. The van der Waals surface area contributed by atoms with E-state index in [9.17, 15) is 8.42 Å². The third kappa shape index (κ3) is 3.07. The van der Waals surface area contributed by atoms with Crippen molar-refractivity contribution in [2.24, 2.45) is 0 Å². The standard InChI is InChI=1S/Cl2O4S/c1-5-7(3,4)6-2. The van der Waals surface area contributed by atoms with E-state index in [4.69, 9.17) is 0 Å². The van der Waals surface area contributed by atoms with E-state index in [2.05, 4.69) is 31.2 Å². The Morgan fingerprint density at radius 2 is 1.43 bits per heavy atom. The van der Waals surface area contributed by atoms with Gasteiger partial charge in [-0.1, -0.05) is 0 Å². The van der Waals surface area contributed by atoms with E-state index in [0.717, 1.165) is 0 Å². The normalized spacial score (nSPS) is 11.7. The van der Waals surface area contributed by atoms with Crippen LogP contribution in [0.1, 0.15) is 0 Å². The summed E-state index contributed by atoms with van der Waals surface area (Å²) in [5.74, 6) is 0. The predicted octanol–water partition coefficient (Wildman–Crippen LogP) is 0.572. The van der Waals surface area contributed by atoms with Crippen LogP contribution in [0.3, 0.4) is 0 Å². The molecule has 0 fully saturated rings. The van der Waals surface area contributed by atoms with Crippen LogP contribution in [0.4, 0.5) is 0 Å². The maximum absolute atomic E-state index is 9.66. The van der Waals surface area contributed by atoms with Gasteiger partial charge < -0.3 is 0 Å². The summed E-state index contributed by atoms with van der Waals surface area (Å²) in [4.78, 5) is 0. The zero-order valence-electron chi connectivity index (χ0n) is 2.80. The molecule has 0 bridgehead atoms. The lowest BCUT2D eigenvalue weighted by Crippen LogP contribution is -1.95. The van der Waals surface area contributed by atoms with Crippen molar-refractivity contribution in [3.63, 3.8) is 0 Å². The summed E-state index contributed by atoms with van der Waals surface area (Å²) in [5, 5.41) is 0. The van der Waals surface area contributed by atoms with Gasteiger partial charge in [0.2, 0.25) is 0 Å². The topological polar surface area (TPSA) is 52.6 Å². The first-order valence-corrected chi connectivity index (χ1v) is 2.93. The van der Waals surface area contributed by atoms with Gasteiger partial charge >= 0.3 is 10.4 Å². The molecule has 0 aromatic rings. The average Bonchev–Trinajstić information content (AvgIpc) is 1.68. The number of hydrogen-bond donors (Lipinski definition) is 0. The molecule has 7 heavy (non-hydrogen) atoms. The van der Waals surface area contributed by atoms with E-state index in [0.29, 0.717) is 0 Å². The molecule has 44 valence electrons. The van der Waals surface area contributed by atoms with Gasteiger partial charge in [0.05, 0.1) is 23.7 Å². The van der Waals surface area contributed by atoms with Gasteiger partial charge in [0.1, 0.15) is 0 Å². The van der Waals surface area contributed by atoms with Crippen LogP contribution in [0.2, 0.25) is 0 Å². The molecule has 0 aliphatic heterocycles. The summed E-state index contributed by atoms with van der Waals surface area (Å²) in [6.45, 7) is 0. The Morgan fingerprint density at radius 1 is 1.14 bits per heavy atom. The molecule has 0 unspecified atom stereocenters. The molecule has 0 aromatic heterocycles. The van der Waals surface area contributed by atoms with Crippen LogP contribution in [0, 0.1) is 0 Å². The first kappa shape index (κ1) is 7.45. The van der Waals surface area contributed by atoms with Crippen molar-refractivity contribution in [1.82, 2.24) is 0 Å². The van der Waals surface area contributed by atoms with Crippen LogP contribution < -0.4 is 0 Å². The highest BCUT2D eigenvalue weighted by atomic mass is 35.5. The largest absolute Gasteiger partial charge is 0.432 e. The molecule has 0 atom stereocenters. The molecular weight excluding hydrogens is 167 g/mol. The Hall–Kier alpha value is 0.450. The Balaban J connectivity index is 3.89. The van der Waals surface area contributed by atoms with Gasteiger partial charge in [-0.3, -0.25) is 0 Å². The van der Waals surface area contributed by atoms with Gasteiger partial charge in [0.25, 0.3) is 0 Å². The molecule has 0 aliphatic rings. The van der Waals surface area contributed by atoms with Crippen LogP contribution >= 0.6 is 23.7 Å². The van der Waals surface area contributed by atoms with Gasteiger partial charge in [-0.25, -0.2) is 0 Å². The van der Waals surface area contributed by atoms with Gasteiger partial charge in [-0.2, -0.15) is 8.42 Å². The van der Waals surface area contributed by atoms with Crippen LogP contribution in [-0.2, 0) is 17.9 Å². The first-order chi connectivity index (χ1) is 3.12. The molecule has 0 aliphatic carbocycles. The lowest BCUT2D eigenvalue weighted by Gasteiger charge is -1.84. The van der Waals surface area contributed by atoms with E-state index in [1.54, 1.807) is 0 Å². The third-order valence-corrected chi connectivity index (χ3v) is 1.39. The van der Waals surface area contributed by atoms with E-state index < -0.39 is 10.4 Å². The highest BCUT2D eigenvalue weighted by Crippen LogP contribution is 1.99. The SMILES string of the molecule is O=S(=O)(OCl)OCl. The summed E-state index contributed by atoms with van der Waals surface area (Å²) < 4.78 is 25.7. The molecule has 0 aromatic carbocycles. The van der Waals surface area contributed by atoms with Crippen molar-refractivity contribution in [1.29, 1.82) is 0 Å². The van der Waals surface area contributed by atoms with Crippen molar-refractivity contribution in [3.05, 3.63) is 0 Å². The lowest BCUT2D eigenvalue weighted by atomic mass is 15.8. The minimum absolute atomic E-state index is 3.18. The Morgan fingerprint density at radius 3 is 1.43 bits per heavy atom. The molecule has 0 amide bonds. The quantitative estimate of drug-likeness (QED) is 0.603. The van der Waals surface area contributed by atoms with E-state index in [-0.39, 0.29) is 0 Å². The van der Waals surface area contributed by atoms with Crippen molar-refractivity contribution in [3.8, 4) is 0 Å². The highest BCUT2D eigenvalue weighted by Gasteiger charge is 2.07. The number of rotatable bonds is 2. The second kappa shape index (κ2) is 2.68. The molecule has 0 saturated heterocycles. The fourth-order valence-electron chi connectivity index (χ4n) is 0.00972. The summed E-state index contributed by atoms with van der Waals surface area (Å²) in [7, 11) is -4.13. The van der Waals surface area contributed by atoms with E-state index >= 15 is 0 Å². The fourth-order valence-corrected chi connectivity index (χ4v) is 0.262. The smallest absolute Gasteiger partial charge is 0.166 e. The highest BCUT2D eigenvalue weighted by molar-refractivity contribution is 7.83. The number of hydrogen-bond acceptors (Lipinski definition) is 4. The Bertz CT molecular complexity index is 113. The molecule has 7 heteroatoms. The molecule has 0 spiro atoms. The summed E-state index contributed by atoms with van der Waals surface area (Å²) in [6.07, 6.45) is 0. The van der Waals surface area contributed by atoms with Gasteiger partial charge in [0.15, 0.2) is 0 Å². The van der Waals surface area contributed by atoms with Crippen LogP contribution in [0.15, 0.2) is 0 Å². The molecule has 0 rings (SSSR count). The van der Waals surface area contributed by atoms with E-state index in [1.165, 1.54) is 0 Å². The zero-order chi connectivity index (χ0) is 5.91. The monoisotopic (exact) mass is 166 g/mol. The lowest BCUT2D eigenvalue weighted by molar-refractivity contribution is 0.422. The van der Waals surface area contributed by atoms with Crippen molar-refractivity contribution < 1.29 is 15.9 Å². The maximum atomic E-state index is 9.66. The van der Waals surface area contributed by atoms with E-state index in [1.807, 2.05) is 0 Å². The minimum atomic E-state index is -4.13. The minimum Gasteiger partial charge on any atom is -0.166 e. The van der Waals surface area contributed by atoms with Crippen molar-refractivity contribution in [2.75, 3.05) is 0 Å². The molecule has 0 saturated carbocycles. The predicted molar refractivity (Wildman–Crippen MR) is 22.8 cm³/mol. The molecule has 4 nitrogen and oxygen atoms in total. The Kier molecular flexibility index (Phi) is 2.86. The first-order valence-electron chi connectivity index (χ1n) is 0.975. The Labute approximate surface area is 50.6 Å². The molecular formula is Cl2O4S. The van der Waals surface area contributed by atoms with Crippen LogP contribution in [0.25, 0.3) is 0 Å². The van der Waals surface area contributed by atoms with Crippen molar-refractivity contribution in [2.45, 2.75) is 0 Å². The maximum Gasteiger partial charge on any atom is 0.432 e. The summed E-state index contributed by atoms with van der Waals surface area (Å²) in [6, 6.07) is 0. The zero-order valence-corrected chi connectivity index (χ0v) is 5.13. The van der Waals surface area contributed by atoms with Gasteiger partial charge in [-0.15, -0.1) is 7.47 Å². The van der Waals surface area contributed by atoms with Crippen LogP contribution in [0.5, 0.6) is 0 Å². The van der Waals surface area contributed by atoms with Gasteiger partial charge in [0, 0.05) is 0 Å². The van der Waals surface area contributed by atoms with Crippen molar-refractivity contribution >= 4 is 34.1 Å². The second-order valence-corrected chi connectivity index (χ2v) is 2.36. The van der Waals surface area contributed by atoms with Gasteiger partial charge in [-0.05, 0) is 0 Å². The summed E-state index contributed by atoms with van der Waals surface area (Å²) >= 11 is 8.59. The second-order valence-electron chi connectivity index (χ2n) is 0.534. The third-order valence-electron chi connectivity index (χ3n) is 0.154. The molecule has 0 N–H and O–H groups in total. The summed E-state index contributed by atoms with van der Waals surface area (Å²) in [5.41, 5.74) is 0. The van der Waals surface area contributed by atoms with Crippen LogP contribution in [-0.4, -0.2) is 8.42 Å². The molecule has 0 radical (unpaired) electrons.